The van der Waals surface area contributed by atoms with Gasteiger partial charge in [0.15, 0.2) is 0 Å². The Hall–Kier alpha value is -5.87. The average molecular weight is 936 g/mol. The predicted molar refractivity (Wildman–Crippen MR) is 254 cm³/mol. The Kier molecular flexibility index (Phi) is 13.8. The monoisotopic (exact) mass is 935 g/mol. The molecular formula is C52H66FN7O8. The van der Waals surface area contributed by atoms with Crippen LogP contribution in [0.4, 0.5) is 4.39 Å². The van der Waals surface area contributed by atoms with Crippen LogP contribution in [-0.2, 0) is 52.8 Å². The van der Waals surface area contributed by atoms with Crippen LogP contribution in [0, 0.1) is 17.3 Å². The molecule has 5 atom stereocenters. The Morgan fingerprint density at radius 3 is 2.53 bits per heavy atom. The molecule has 1 unspecified atom stereocenters. The minimum absolute atomic E-state index is 0.0467. The number of hydrogen-bond acceptors (Lipinski definition) is 10. The van der Waals surface area contributed by atoms with Crippen LogP contribution in [0.3, 0.4) is 0 Å². The maximum atomic E-state index is 16.5. The lowest BCUT2D eigenvalue weighted by atomic mass is 9.84. The zero-order valence-electron chi connectivity index (χ0n) is 40.6. The highest BCUT2D eigenvalue weighted by Gasteiger charge is 2.51. The number of benzene rings is 2. The number of carbonyl (C=O) groups excluding carboxylic acids is 5. The minimum atomic E-state index is -2.37. The van der Waals surface area contributed by atoms with Gasteiger partial charge in [0, 0.05) is 80.6 Å². The van der Waals surface area contributed by atoms with Crippen molar-refractivity contribution < 1.29 is 42.9 Å². The second-order valence-corrected chi connectivity index (χ2v) is 20.4. The highest BCUT2D eigenvalue weighted by molar-refractivity contribution is 5.97. The van der Waals surface area contributed by atoms with Gasteiger partial charge in [-0.1, -0.05) is 39.8 Å². The number of alkyl halides is 1. The number of phenols is 1. The molecule has 0 radical (unpaired) electrons. The van der Waals surface area contributed by atoms with Crippen LogP contribution < -0.4 is 10.7 Å². The van der Waals surface area contributed by atoms with Gasteiger partial charge in [-0.05, 0) is 111 Å². The number of likely N-dealkylation sites (tertiary alicyclic amines) is 1. The number of nitrogens with one attached hydrogen (secondary N) is 2. The van der Waals surface area contributed by atoms with Crippen LogP contribution in [0.5, 0.6) is 5.75 Å². The Morgan fingerprint density at radius 2 is 1.82 bits per heavy atom. The molecule has 1 saturated carbocycles. The molecule has 2 aromatic carbocycles. The van der Waals surface area contributed by atoms with Crippen molar-refractivity contribution in [3.05, 3.63) is 71.5 Å². The fourth-order valence-electron chi connectivity index (χ4n) is 10.4. The van der Waals surface area contributed by atoms with Crippen molar-refractivity contribution in [1.29, 1.82) is 0 Å². The van der Waals surface area contributed by atoms with Crippen LogP contribution in [0.1, 0.15) is 96.6 Å². The third-order valence-electron chi connectivity index (χ3n) is 14.2. The standard InChI is InChI=1S/C52H66FN7O8/c1-9-59-42-17-16-34-26-38(42)39(45(59)37-12-10-19-54-43(37)31(4)67-8)27-51(5,6)29-68-49(65)40-13-11-20-60(56-40)48(64)41(24-32-22-35(34)25-36(61)23-32)55-46(62)44(30(2)3)57(7)50(66)52(53)18-21-58(28-52)47(63)33-14-15-33/h10,12,16-17,19,22-23,25-26,30-31,33,40-41,44,56,61H,9,11,13-15,18,20-21,24,27-29H2,1-8H3,(H,55,62)/t31-,40-,41-,44?,52-/m0/s1. The molecular weight excluding hydrogens is 870 g/mol. The third-order valence-corrected chi connectivity index (χ3v) is 14.2. The van der Waals surface area contributed by atoms with Crippen molar-refractivity contribution in [2.45, 2.75) is 123 Å². The van der Waals surface area contributed by atoms with Crippen LogP contribution in [0.15, 0.2) is 54.7 Å². The molecule has 3 N–H and O–H groups in total. The van der Waals surface area contributed by atoms with E-state index in [4.69, 9.17) is 14.5 Å². The number of nitrogens with zero attached hydrogens (tertiary/aromatic N) is 5. The van der Waals surface area contributed by atoms with Crippen molar-refractivity contribution in [3.8, 4) is 28.1 Å². The Labute approximate surface area is 397 Å². The van der Waals surface area contributed by atoms with Gasteiger partial charge < -0.3 is 34.3 Å². The summed E-state index contributed by atoms with van der Waals surface area (Å²) in [6.45, 7) is 12.4. The molecule has 8 rings (SSSR count). The number of hydrazine groups is 1. The van der Waals surface area contributed by atoms with E-state index in [0.29, 0.717) is 36.9 Å². The van der Waals surface area contributed by atoms with Crippen molar-refractivity contribution >= 4 is 40.5 Å². The first-order chi connectivity index (χ1) is 32.3. The Bertz CT molecular complexity index is 2610. The first kappa shape index (κ1) is 48.6. The van der Waals surface area contributed by atoms with E-state index in [0.717, 1.165) is 56.7 Å². The number of aromatic nitrogens is 2. The summed E-state index contributed by atoms with van der Waals surface area (Å²) >= 11 is 0. The number of methoxy groups -OCH3 is 1. The van der Waals surface area contributed by atoms with Crippen LogP contribution in [0.2, 0.25) is 0 Å². The quantitative estimate of drug-likeness (QED) is 0.154. The number of fused-ring (bicyclic) bond motifs is 6. The highest BCUT2D eigenvalue weighted by atomic mass is 19.1. The molecule has 16 heteroatoms. The molecule has 15 nitrogen and oxygen atoms in total. The molecule has 4 amide bonds. The number of aryl methyl sites for hydroxylation is 1. The molecule has 4 aromatic rings. The van der Waals surface area contributed by atoms with E-state index in [1.54, 1.807) is 39.3 Å². The van der Waals surface area contributed by atoms with Crippen LogP contribution >= 0.6 is 0 Å². The number of cyclic esters (lactones) is 1. The Balaban J connectivity index is 1.18. The van der Waals surface area contributed by atoms with E-state index in [1.807, 2.05) is 25.1 Å². The lowest BCUT2D eigenvalue weighted by Gasteiger charge is -2.37. The molecule has 5 heterocycles. The first-order valence-corrected chi connectivity index (χ1v) is 24.1. The van der Waals surface area contributed by atoms with E-state index >= 15 is 4.39 Å². The van der Waals surface area contributed by atoms with Gasteiger partial charge in [0.2, 0.25) is 17.5 Å². The fraction of sp³-hybridized carbons (Fsp3) is 0.538. The predicted octanol–water partition coefficient (Wildman–Crippen LogP) is 6.29. The summed E-state index contributed by atoms with van der Waals surface area (Å²) < 4.78 is 30.7. The number of halogens is 1. The minimum Gasteiger partial charge on any atom is -0.508 e. The summed E-state index contributed by atoms with van der Waals surface area (Å²) in [6.07, 6.45) is 4.13. The number of hydrogen-bond donors (Lipinski definition) is 3. The zero-order valence-corrected chi connectivity index (χ0v) is 40.6. The van der Waals surface area contributed by atoms with E-state index in [1.165, 1.54) is 17.0 Å². The first-order valence-electron chi connectivity index (χ1n) is 24.1. The number of likely N-dealkylation sites (N-methyl/N-ethyl adjacent to an activating group) is 1. The number of rotatable bonds is 10. The van der Waals surface area contributed by atoms with Crippen molar-refractivity contribution in [2.24, 2.45) is 17.3 Å². The van der Waals surface area contributed by atoms with Gasteiger partial charge in [-0.3, -0.25) is 34.0 Å². The molecule has 4 aliphatic rings. The molecule has 2 saturated heterocycles. The number of amides is 4. The largest absolute Gasteiger partial charge is 0.508 e. The zero-order chi connectivity index (χ0) is 48.8. The van der Waals surface area contributed by atoms with Gasteiger partial charge in [-0.25, -0.2) is 9.82 Å². The molecule has 3 fully saturated rings. The number of ether oxygens (including phenoxy) is 2. The molecule has 3 aliphatic heterocycles. The van der Waals surface area contributed by atoms with Gasteiger partial charge in [-0.2, -0.15) is 0 Å². The summed E-state index contributed by atoms with van der Waals surface area (Å²) in [4.78, 5) is 77.3. The lowest BCUT2D eigenvalue weighted by molar-refractivity contribution is -0.155. The van der Waals surface area contributed by atoms with E-state index in [9.17, 15) is 29.1 Å². The van der Waals surface area contributed by atoms with Crippen molar-refractivity contribution in [1.82, 2.24) is 35.1 Å². The van der Waals surface area contributed by atoms with E-state index in [-0.39, 0.29) is 62.8 Å². The van der Waals surface area contributed by atoms with Gasteiger partial charge >= 0.3 is 5.97 Å². The number of carbonyl (C=O) groups is 5. The highest BCUT2D eigenvalue weighted by Crippen LogP contribution is 2.42. The van der Waals surface area contributed by atoms with Crippen LogP contribution in [0.25, 0.3) is 33.3 Å². The second-order valence-electron chi connectivity index (χ2n) is 20.4. The average Bonchev–Trinajstić information content (AvgIpc) is 4.03. The summed E-state index contributed by atoms with van der Waals surface area (Å²) in [5.41, 5.74) is 6.91. The lowest BCUT2D eigenvalue weighted by Crippen LogP contribution is -2.62. The van der Waals surface area contributed by atoms with E-state index in [2.05, 4.69) is 54.3 Å². The van der Waals surface area contributed by atoms with Crippen molar-refractivity contribution in [3.63, 3.8) is 0 Å². The normalized spacial score (nSPS) is 23.0. The SMILES string of the molecule is CCn1c(-c2cccnc2[C@H](C)OC)c2c3cc(ccc31)-c1cc(O)cc(c1)C[C@H](NC(=O)C(C(C)C)N(C)C(=O)[C@]1(F)CCN(C(=O)C3CC3)C1)C(=O)N1CCC[C@H](N1)C(=O)OCC(C)(C)C2. The van der Waals surface area contributed by atoms with Gasteiger partial charge in [0.1, 0.15) is 23.9 Å². The maximum absolute atomic E-state index is 16.5. The molecule has 0 spiro atoms. The number of aromatic hydroxyl groups is 1. The molecule has 364 valence electrons. The maximum Gasteiger partial charge on any atom is 0.324 e. The summed E-state index contributed by atoms with van der Waals surface area (Å²) in [5.74, 6) is -3.46. The third kappa shape index (κ3) is 9.71. The summed E-state index contributed by atoms with van der Waals surface area (Å²) in [6, 6.07) is 12.0. The van der Waals surface area contributed by atoms with Crippen LogP contribution in [-0.4, -0.2) is 123 Å². The van der Waals surface area contributed by atoms with Gasteiger partial charge in [0.05, 0.1) is 30.6 Å². The fourth-order valence-corrected chi connectivity index (χ4v) is 10.4. The number of esters is 1. The number of pyridine rings is 1. The van der Waals surface area contributed by atoms with Gasteiger partial charge in [0.25, 0.3) is 11.8 Å². The smallest absolute Gasteiger partial charge is 0.324 e. The topological polar surface area (TPSA) is 176 Å². The number of phenolic OH excluding ortho intramolecular Hbond substituents is 1. The van der Waals surface area contributed by atoms with Gasteiger partial charge in [-0.15, -0.1) is 0 Å². The second kappa shape index (κ2) is 19.3. The Morgan fingerprint density at radius 1 is 1.06 bits per heavy atom. The summed E-state index contributed by atoms with van der Waals surface area (Å²) in [7, 11) is 3.04. The summed E-state index contributed by atoms with van der Waals surface area (Å²) in [5, 5.41) is 16.6. The molecule has 2 aromatic heterocycles. The molecule has 6 bridgehead atoms. The van der Waals surface area contributed by atoms with Crippen molar-refractivity contribution in [2.75, 3.05) is 40.4 Å². The molecule has 1 aliphatic carbocycles. The molecule has 68 heavy (non-hydrogen) atoms. The van der Waals surface area contributed by atoms with E-state index < -0.39 is 58.8 Å².